The van der Waals surface area contributed by atoms with Crippen molar-refractivity contribution in [1.29, 1.82) is 0 Å². The first-order valence-corrected chi connectivity index (χ1v) is 5.95. The molecule has 0 heterocycles. The Hall–Kier alpha value is -2.03. The lowest BCUT2D eigenvalue weighted by Gasteiger charge is -2.19. The van der Waals surface area contributed by atoms with Crippen molar-refractivity contribution in [3.8, 4) is 0 Å². The van der Waals surface area contributed by atoms with Crippen LogP contribution in [0.4, 0.5) is 15.8 Å². The normalized spacial score (nSPS) is 12.2. The molecule has 0 aliphatic heterocycles. The molecule has 0 saturated heterocycles. The van der Waals surface area contributed by atoms with Gasteiger partial charge in [0.1, 0.15) is 5.82 Å². The van der Waals surface area contributed by atoms with Gasteiger partial charge in [-0.3, -0.25) is 0 Å². The lowest BCUT2D eigenvalue weighted by molar-refractivity contribution is 0.623. The van der Waals surface area contributed by atoms with Gasteiger partial charge in [0.2, 0.25) is 0 Å². The first kappa shape index (κ1) is 12.4. The largest absolute Gasteiger partial charge is 0.397 e. The van der Waals surface area contributed by atoms with Gasteiger partial charge in [0.25, 0.3) is 0 Å². The third-order valence-electron chi connectivity index (χ3n) is 3.01. The second kappa shape index (κ2) is 5.08. The van der Waals surface area contributed by atoms with Crippen LogP contribution in [0.3, 0.4) is 0 Å². The van der Waals surface area contributed by atoms with E-state index in [-0.39, 0.29) is 11.9 Å². The van der Waals surface area contributed by atoms with Gasteiger partial charge in [-0.15, -0.1) is 0 Å². The van der Waals surface area contributed by atoms with Gasteiger partial charge in [-0.05, 0) is 43.2 Å². The van der Waals surface area contributed by atoms with Crippen molar-refractivity contribution in [3.63, 3.8) is 0 Å². The van der Waals surface area contributed by atoms with Crippen molar-refractivity contribution in [1.82, 2.24) is 0 Å². The Labute approximate surface area is 107 Å². The summed E-state index contributed by atoms with van der Waals surface area (Å²) in [5, 5.41) is 3.33. The monoisotopic (exact) mass is 244 g/mol. The minimum Gasteiger partial charge on any atom is -0.397 e. The molecule has 2 aromatic rings. The maximum atomic E-state index is 13.2. The van der Waals surface area contributed by atoms with E-state index in [1.165, 1.54) is 12.1 Å². The van der Waals surface area contributed by atoms with Crippen molar-refractivity contribution < 1.29 is 4.39 Å². The summed E-state index contributed by atoms with van der Waals surface area (Å²) in [6.45, 7) is 3.98. The van der Waals surface area contributed by atoms with E-state index >= 15 is 0 Å². The van der Waals surface area contributed by atoms with Crippen LogP contribution in [0.15, 0.2) is 42.5 Å². The number of benzene rings is 2. The molecule has 2 nitrogen and oxygen atoms in total. The summed E-state index contributed by atoms with van der Waals surface area (Å²) in [5.74, 6) is -0.223. The molecule has 0 bridgehead atoms. The number of rotatable bonds is 3. The maximum Gasteiger partial charge on any atom is 0.123 e. The van der Waals surface area contributed by atoms with E-state index in [4.69, 9.17) is 5.73 Å². The molecule has 2 aromatic carbocycles. The number of halogens is 1. The van der Waals surface area contributed by atoms with Crippen LogP contribution in [0.25, 0.3) is 0 Å². The zero-order valence-corrected chi connectivity index (χ0v) is 10.6. The van der Waals surface area contributed by atoms with Gasteiger partial charge >= 0.3 is 0 Å². The molecule has 0 amide bonds. The Morgan fingerprint density at radius 3 is 2.56 bits per heavy atom. The highest BCUT2D eigenvalue weighted by atomic mass is 19.1. The van der Waals surface area contributed by atoms with Crippen LogP contribution in [0, 0.1) is 12.7 Å². The predicted molar refractivity (Wildman–Crippen MR) is 74.0 cm³/mol. The van der Waals surface area contributed by atoms with Crippen LogP contribution in [0.2, 0.25) is 0 Å². The van der Waals surface area contributed by atoms with Crippen molar-refractivity contribution in [3.05, 3.63) is 59.4 Å². The molecular weight excluding hydrogens is 227 g/mol. The standard InChI is InChI=1S/C15H17FN2/c1-10-5-3-8-14(17)15(10)18-11(2)12-6-4-7-13(16)9-12/h3-9,11,18H,17H2,1-2H3. The molecule has 3 heteroatoms. The number of nitrogens with two attached hydrogens (primary N) is 1. The molecule has 0 aromatic heterocycles. The molecule has 94 valence electrons. The van der Waals surface area contributed by atoms with Crippen molar-refractivity contribution in [2.75, 3.05) is 11.1 Å². The summed E-state index contributed by atoms with van der Waals surface area (Å²) in [7, 11) is 0. The number of nitrogens with one attached hydrogen (secondary N) is 1. The van der Waals surface area contributed by atoms with Crippen LogP contribution in [0.5, 0.6) is 0 Å². The maximum absolute atomic E-state index is 13.2. The number of para-hydroxylation sites is 1. The highest BCUT2D eigenvalue weighted by molar-refractivity contribution is 5.70. The molecule has 2 rings (SSSR count). The molecule has 0 aliphatic carbocycles. The summed E-state index contributed by atoms with van der Waals surface area (Å²) >= 11 is 0. The van der Waals surface area contributed by atoms with Crippen molar-refractivity contribution >= 4 is 11.4 Å². The van der Waals surface area contributed by atoms with Crippen LogP contribution in [0.1, 0.15) is 24.1 Å². The zero-order chi connectivity index (χ0) is 13.1. The van der Waals surface area contributed by atoms with E-state index < -0.39 is 0 Å². The molecule has 18 heavy (non-hydrogen) atoms. The van der Waals surface area contributed by atoms with Crippen molar-refractivity contribution in [2.24, 2.45) is 0 Å². The molecule has 0 aliphatic rings. The third-order valence-corrected chi connectivity index (χ3v) is 3.01. The molecular formula is C15H17FN2. The number of hydrogen-bond acceptors (Lipinski definition) is 2. The number of anilines is 2. The number of hydrogen-bond donors (Lipinski definition) is 2. The van der Waals surface area contributed by atoms with Crippen molar-refractivity contribution in [2.45, 2.75) is 19.9 Å². The smallest absolute Gasteiger partial charge is 0.123 e. The van der Waals surface area contributed by atoms with E-state index in [9.17, 15) is 4.39 Å². The van der Waals surface area contributed by atoms with Gasteiger partial charge in [-0.2, -0.15) is 0 Å². The van der Waals surface area contributed by atoms with Crippen LogP contribution in [-0.2, 0) is 0 Å². The Morgan fingerprint density at radius 1 is 1.17 bits per heavy atom. The fourth-order valence-corrected chi connectivity index (χ4v) is 1.96. The Kier molecular flexibility index (Phi) is 3.51. The van der Waals surface area contributed by atoms with Gasteiger partial charge < -0.3 is 11.1 Å². The SMILES string of the molecule is Cc1cccc(N)c1NC(C)c1cccc(F)c1. The Bertz CT molecular complexity index is 532. The number of aryl methyl sites for hydroxylation is 1. The predicted octanol–water partition coefficient (Wildman–Crippen LogP) is 3.89. The average Bonchev–Trinajstić information content (AvgIpc) is 2.34. The first-order chi connectivity index (χ1) is 8.58. The van der Waals surface area contributed by atoms with E-state index in [2.05, 4.69) is 5.32 Å². The van der Waals surface area contributed by atoms with Gasteiger partial charge in [-0.25, -0.2) is 4.39 Å². The highest BCUT2D eigenvalue weighted by Crippen LogP contribution is 2.27. The molecule has 0 fully saturated rings. The van der Waals surface area contributed by atoms with Gasteiger partial charge in [0, 0.05) is 6.04 Å². The van der Waals surface area contributed by atoms with E-state index in [0.717, 1.165) is 16.8 Å². The third kappa shape index (κ3) is 2.62. The summed E-state index contributed by atoms with van der Waals surface area (Å²) in [4.78, 5) is 0. The van der Waals surface area contributed by atoms with E-state index in [1.54, 1.807) is 6.07 Å². The quantitative estimate of drug-likeness (QED) is 0.804. The number of nitrogen functional groups attached to an aromatic ring is 1. The first-order valence-electron chi connectivity index (χ1n) is 5.95. The van der Waals surface area contributed by atoms with E-state index in [0.29, 0.717) is 5.69 Å². The molecule has 1 atom stereocenters. The highest BCUT2D eigenvalue weighted by Gasteiger charge is 2.09. The minimum atomic E-state index is -0.223. The minimum absolute atomic E-state index is 0.00380. The topological polar surface area (TPSA) is 38.0 Å². The molecule has 1 unspecified atom stereocenters. The lowest BCUT2D eigenvalue weighted by atomic mass is 10.1. The second-order valence-electron chi connectivity index (χ2n) is 4.46. The van der Waals surface area contributed by atoms with Gasteiger partial charge in [0.05, 0.1) is 11.4 Å². The molecule has 0 saturated carbocycles. The summed E-state index contributed by atoms with van der Waals surface area (Å²) < 4.78 is 13.2. The fourth-order valence-electron chi connectivity index (χ4n) is 1.96. The molecule has 0 radical (unpaired) electrons. The summed E-state index contributed by atoms with van der Waals surface area (Å²) in [5.41, 5.74) is 9.54. The molecule has 0 spiro atoms. The van der Waals surface area contributed by atoms with E-state index in [1.807, 2.05) is 38.1 Å². The van der Waals surface area contributed by atoms with Gasteiger partial charge in [-0.1, -0.05) is 24.3 Å². The Balaban J connectivity index is 2.24. The van der Waals surface area contributed by atoms with Gasteiger partial charge in [0.15, 0.2) is 0 Å². The average molecular weight is 244 g/mol. The Morgan fingerprint density at radius 2 is 1.89 bits per heavy atom. The van der Waals surface area contributed by atoms with Crippen LogP contribution < -0.4 is 11.1 Å². The summed E-state index contributed by atoms with van der Waals surface area (Å²) in [6.07, 6.45) is 0. The lowest BCUT2D eigenvalue weighted by Crippen LogP contribution is -2.09. The fraction of sp³-hybridized carbons (Fsp3) is 0.200. The summed E-state index contributed by atoms with van der Waals surface area (Å²) in [6, 6.07) is 12.4. The second-order valence-corrected chi connectivity index (χ2v) is 4.46. The molecule has 3 N–H and O–H groups in total. The van der Waals surface area contributed by atoms with Crippen LogP contribution >= 0.6 is 0 Å². The zero-order valence-electron chi connectivity index (χ0n) is 10.6. The van der Waals surface area contributed by atoms with Crippen LogP contribution in [-0.4, -0.2) is 0 Å².